The van der Waals surface area contributed by atoms with Crippen molar-refractivity contribution >= 4 is 35.4 Å². The molecule has 0 radical (unpaired) electrons. The normalized spacial score (nSPS) is 10.4. The van der Waals surface area contributed by atoms with Gasteiger partial charge in [-0.1, -0.05) is 23.2 Å². The highest BCUT2D eigenvalue weighted by molar-refractivity contribution is 7.71. The van der Waals surface area contributed by atoms with Crippen LogP contribution in [0.2, 0.25) is 10.0 Å². The van der Waals surface area contributed by atoms with Gasteiger partial charge in [-0.3, -0.25) is 0 Å². The summed E-state index contributed by atoms with van der Waals surface area (Å²) in [5.41, 5.74) is 0. The van der Waals surface area contributed by atoms with E-state index in [4.69, 9.17) is 44.6 Å². The second kappa shape index (κ2) is 4.86. The van der Waals surface area contributed by atoms with Crippen LogP contribution in [0.25, 0.3) is 0 Å². The van der Waals surface area contributed by atoms with Gasteiger partial charge in [0.05, 0.1) is 5.02 Å². The lowest BCUT2D eigenvalue weighted by Gasteiger charge is -2.05. The Bertz CT molecular complexity index is 552. The molecule has 1 N–H and O–H groups in total. The van der Waals surface area contributed by atoms with Crippen molar-refractivity contribution in [2.75, 3.05) is 0 Å². The van der Waals surface area contributed by atoms with Gasteiger partial charge in [0.2, 0.25) is 0 Å². The van der Waals surface area contributed by atoms with Crippen LogP contribution in [0.3, 0.4) is 0 Å². The predicted octanol–water partition coefficient (Wildman–Crippen LogP) is 3.62. The summed E-state index contributed by atoms with van der Waals surface area (Å²) < 4.78 is 10.4. The van der Waals surface area contributed by atoms with E-state index in [-0.39, 0.29) is 11.4 Å². The number of H-pyrrole nitrogens is 1. The van der Waals surface area contributed by atoms with Crippen molar-refractivity contribution in [3.8, 4) is 5.75 Å². The first kappa shape index (κ1) is 11.4. The number of benzene rings is 1. The molecular formula is C9H6Cl2N2O2S. The molecule has 0 aliphatic heterocycles. The number of hydrogen-bond acceptors (Lipinski definition) is 4. The van der Waals surface area contributed by atoms with Crippen molar-refractivity contribution < 1.29 is 9.15 Å². The topological polar surface area (TPSA) is 51.0 Å². The molecule has 84 valence electrons. The Morgan fingerprint density at radius 3 is 2.94 bits per heavy atom. The molecule has 1 aromatic carbocycles. The average Bonchev–Trinajstić information content (AvgIpc) is 2.66. The first-order valence-corrected chi connectivity index (χ1v) is 5.44. The molecule has 0 fully saturated rings. The maximum Gasteiger partial charge on any atom is 0.284 e. The van der Waals surface area contributed by atoms with Crippen LogP contribution in [0, 0.1) is 4.84 Å². The molecule has 2 rings (SSSR count). The van der Waals surface area contributed by atoms with Gasteiger partial charge < -0.3 is 9.15 Å². The van der Waals surface area contributed by atoms with Crippen LogP contribution in [0.1, 0.15) is 5.89 Å². The molecule has 1 heterocycles. The minimum absolute atomic E-state index is 0.132. The summed E-state index contributed by atoms with van der Waals surface area (Å²) in [5, 5.41) is 7.29. The molecule has 16 heavy (non-hydrogen) atoms. The number of nitrogens with one attached hydrogen (secondary N) is 1. The standard InChI is InChI=1S/C9H6Cl2N2O2S/c10-5-1-2-6(11)7(3-5)14-4-8-12-13-9(16)15-8/h1-3H,4H2,(H,13,16). The summed E-state index contributed by atoms with van der Waals surface area (Å²) in [6.45, 7) is 0.132. The van der Waals surface area contributed by atoms with Crippen molar-refractivity contribution in [3.63, 3.8) is 0 Å². The van der Waals surface area contributed by atoms with E-state index in [1.54, 1.807) is 18.2 Å². The number of halogens is 2. The molecule has 0 unspecified atom stereocenters. The molecule has 0 amide bonds. The molecule has 0 saturated carbocycles. The van der Waals surface area contributed by atoms with E-state index in [2.05, 4.69) is 10.2 Å². The van der Waals surface area contributed by atoms with Gasteiger partial charge >= 0.3 is 0 Å². The Kier molecular flexibility index (Phi) is 3.48. The first-order chi connectivity index (χ1) is 7.65. The number of aromatic amines is 1. The Morgan fingerprint density at radius 1 is 1.44 bits per heavy atom. The molecule has 7 heteroatoms. The van der Waals surface area contributed by atoms with E-state index < -0.39 is 0 Å². The van der Waals surface area contributed by atoms with Gasteiger partial charge in [-0.15, -0.1) is 5.10 Å². The maximum absolute atomic E-state index is 5.90. The molecule has 0 aliphatic rings. The van der Waals surface area contributed by atoms with Gasteiger partial charge in [-0.2, -0.15) is 0 Å². The molecule has 0 spiro atoms. The van der Waals surface area contributed by atoms with Crippen molar-refractivity contribution in [1.29, 1.82) is 0 Å². The number of hydrogen-bond donors (Lipinski definition) is 1. The van der Waals surface area contributed by atoms with E-state index in [0.29, 0.717) is 21.7 Å². The molecule has 0 aliphatic carbocycles. The molecule has 2 aromatic rings. The van der Waals surface area contributed by atoms with Gasteiger partial charge in [0.1, 0.15) is 5.75 Å². The van der Waals surface area contributed by atoms with Crippen LogP contribution < -0.4 is 4.74 Å². The van der Waals surface area contributed by atoms with Crippen molar-refractivity contribution in [1.82, 2.24) is 10.2 Å². The third-order valence-electron chi connectivity index (χ3n) is 1.73. The van der Waals surface area contributed by atoms with Crippen molar-refractivity contribution in [2.45, 2.75) is 6.61 Å². The van der Waals surface area contributed by atoms with Crippen molar-refractivity contribution in [2.24, 2.45) is 0 Å². The quantitative estimate of drug-likeness (QED) is 0.870. The number of nitrogens with zero attached hydrogens (tertiary/aromatic N) is 1. The van der Waals surface area contributed by atoms with Gasteiger partial charge in [-0.05, 0) is 24.4 Å². The van der Waals surface area contributed by atoms with Crippen LogP contribution in [-0.2, 0) is 6.61 Å². The van der Waals surface area contributed by atoms with Crippen LogP contribution in [-0.4, -0.2) is 10.2 Å². The van der Waals surface area contributed by atoms with Crippen LogP contribution >= 0.6 is 35.4 Å². The highest BCUT2D eigenvalue weighted by Crippen LogP contribution is 2.28. The second-order valence-corrected chi connectivity index (χ2v) is 4.08. The molecule has 4 nitrogen and oxygen atoms in total. The minimum atomic E-state index is 0.132. The Balaban J connectivity index is 2.10. The van der Waals surface area contributed by atoms with E-state index >= 15 is 0 Å². The van der Waals surface area contributed by atoms with Crippen molar-refractivity contribution in [3.05, 3.63) is 39.0 Å². The fourth-order valence-corrected chi connectivity index (χ4v) is 1.53. The average molecular weight is 277 g/mol. The largest absolute Gasteiger partial charge is 0.482 e. The van der Waals surface area contributed by atoms with E-state index in [0.717, 1.165) is 0 Å². The third-order valence-corrected chi connectivity index (χ3v) is 2.45. The minimum Gasteiger partial charge on any atom is -0.482 e. The van der Waals surface area contributed by atoms with Crippen LogP contribution in [0.5, 0.6) is 5.75 Å². The zero-order valence-electron chi connectivity index (χ0n) is 7.87. The molecule has 0 atom stereocenters. The smallest absolute Gasteiger partial charge is 0.284 e. The lowest BCUT2D eigenvalue weighted by atomic mass is 10.3. The second-order valence-electron chi connectivity index (χ2n) is 2.87. The Hall–Kier alpha value is -1.04. The Labute approximate surface area is 106 Å². The summed E-state index contributed by atoms with van der Waals surface area (Å²) in [5.74, 6) is 0.819. The van der Waals surface area contributed by atoms with E-state index in [1.807, 2.05) is 0 Å². The lowest BCUT2D eigenvalue weighted by Crippen LogP contribution is -1.96. The summed E-state index contributed by atoms with van der Waals surface area (Å²) in [4.78, 5) is 0.204. The molecular weight excluding hydrogens is 271 g/mol. The Morgan fingerprint density at radius 2 is 2.25 bits per heavy atom. The zero-order chi connectivity index (χ0) is 11.5. The summed E-state index contributed by atoms with van der Waals surface area (Å²) >= 11 is 16.4. The van der Waals surface area contributed by atoms with Crippen LogP contribution in [0.4, 0.5) is 0 Å². The molecule has 1 aromatic heterocycles. The summed E-state index contributed by atoms with van der Waals surface area (Å²) in [7, 11) is 0. The SMILES string of the molecule is S=c1[nH]nc(COc2cc(Cl)ccc2Cl)o1. The first-order valence-electron chi connectivity index (χ1n) is 4.27. The zero-order valence-corrected chi connectivity index (χ0v) is 10.2. The summed E-state index contributed by atoms with van der Waals surface area (Å²) in [6, 6.07) is 4.95. The highest BCUT2D eigenvalue weighted by atomic mass is 35.5. The fourth-order valence-electron chi connectivity index (χ4n) is 1.05. The summed E-state index contributed by atoms with van der Waals surface area (Å²) in [6.07, 6.45) is 0. The molecule has 0 bridgehead atoms. The van der Waals surface area contributed by atoms with Crippen LogP contribution in [0.15, 0.2) is 22.6 Å². The number of aromatic nitrogens is 2. The van der Waals surface area contributed by atoms with Gasteiger partial charge in [-0.25, -0.2) is 5.10 Å². The number of rotatable bonds is 3. The predicted molar refractivity (Wildman–Crippen MR) is 62.5 cm³/mol. The molecule has 0 saturated heterocycles. The maximum atomic E-state index is 5.90. The highest BCUT2D eigenvalue weighted by Gasteiger charge is 2.05. The van der Waals surface area contributed by atoms with E-state index in [1.165, 1.54) is 0 Å². The van der Waals surface area contributed by atoms with E-state index in [9.17, 15) is 0 Å². The van der Waals surface area contributed by atoms with Gasteiger partial charge in [0.15, 0.2) is 6.61 Å². The monoisotopic (exact) mass is 276 g/mol. The fraction of sp³-hybridized carbons (Fsp3) is 0.111. The third kappa shape index (κ3) is 2.75. The lowest BCUT2D eigenvalue weighted by molar-refractivity contribution is 0.262. The number of ether oxygens (including phenoxy) is 1. The van der Waals surface area contributed by atoms with Gasteiger partial charge in [0.25, 0.3) is 10.7 Å². The van der Waals surface area contributed by atoms with Gasteiger partial charge in [0, 0.05) is 11.1 Å².